The van der Waals surface area contributed by atoms with Gasteiger partial charge in [0.1, 0.15) is 5.54 Å². The monoisotopic (exact) mass is 194 g/mol. The SMILES string of the molecule is CCC1CCCC(C#N)(NC(C)C)C1. The van der Waals surface area contributed by atoms with E-state index in [9.17, 15) is 5.26 Å². The summed E-state index contributed by atoms with van der Waals surface area (Å²) in [6.45, 7) is 6.47. The number of rotatable bonds is 3. The molecule has 0 heterocycles. The lowest BCUT2D eigenvalue weighted by Gasteiger charge is -2.37. The van der Waals surface area contributed by atoms with Crippen molar-refractivity contribution in [3.8, 4) is 6.07 Å². The number of hydrogen-bond donors (Lipinski definition) is 1. The topological polar surface area (TPSA) is 35.8 Å². The number of hydrogen-bond acceptors (Lipinski definition) is 2. The van der Waals surface area contributed by atoms with E-state index in [1.807, 2.05) is 0 Å². The van der Waals surface area contributed by atoms with Crippen LogP contribution in [-0.2, 0) is 0 Å². The molecule has 1 aliphatic carbocycles. The first-order valence-corrected chi connectivity index (χ1v) is 5.81. The molecule has 0 aromatic rings. The fourth-order valence-electron chi connectivity index (χ4n) is 2.56. The molecular weight excluding hydrogens is 172 g/mol. The summed E-state index contributed by atoms with van der Waals surface area (Å²) >= 11 is 0. The second-order valence-electron chi connectivity index (χ2n) is 4.86. The van der Waals surface area contributed by atoms with Crippen LogP contribution in [0.5, 0.6) is 0 Å². The van der Waals surface area contributed by atoms with Gasteiger partial charge in [-0.2, -0.15) is 5.26 Å². The Kier molecular flexibility index (Phi) is 3.95. The molecule has 1 rings (SSSR count). The minimum absolute atomic E-state index is 0.229. The third-order valence-electron chi connectivity index (χ3n) is 3.21. The molecule has 1 N–H and O–H groups in total. The van der Waals surface area contributed by atoms with Crippen molar-refractivity contribution in [1.82, 2.24) is 5.32 Å². The van der Waals surface area contributed by atoms with Crippen LogP contribution in [0, 0.1) is 17.2 Å². The normalized spacial score (nSPS) is 32.9. The van der Waals surface area contributed by atoms with Crippen molar-refractivity contribution in [2.75, 3.05) is 0 Å². The molecule has 2 heteroatoms. The van der Waals surface area contributed by atoms with Gasteiger partial charge < -0.3 is 0 Å². The molecule has 14 heavy (non-hydrogen) atoms. The lowest BCUT2D eigenvalue weighted by Crippen LogP contribution is -2.50. The molecule has 0 radical (unpaired) electrons. The molecule has 2 unspecified atom stereocenters. The molecule has 0 aromatic carbocycles. The molecule has 2 nitrogen and oxygen atoms in total. The van der Waals surface area contributed by atoms with Gasteiger partial charge in [-0.1, -0.05) is 26.2 Å². The first-order valence-electron chi connectivity index (χ1n) is 5.81. The number of nitrogens with one attached hydrogen (secondary N) is 1. The second-order valence-corrected chi connectivity index (χ2v) is 4.86. The van der Waals surface area contributed by atoms with E-state index in [0.29, 0.717) is 6.04 Å². The van der Waals surface area contributed by atoms with E-state index in [-0.39, 0.29) is 5.54 Å². The van der Waals surface area contributed by atoms with Gasteiger partial charge in [-0.3, -0.25) is 5.32 Å². The van der Waals surface area contributed by atoms with Crippen molar-refractivity contribution in [1.29, 1.82) is 5.26 Å². The van der Waals surface area contributed by atoms with E-state index >= 15 is 0 Å². The van der Waals surface area contributed by atoms with E-state index in [0.717, 1.165) is 18.8 Å². The highest BCUT2D eigenvalue weighted by molar-refractivity contribution is 5.10. The Bertz CT molecular complexity index is 217. The molecule has 0 aliphatic heterocycles. The highest BCUT2D eigenvalue weighted by Gasteiger charge is 2.35. The maximum atomic E-state index is 9.29. The maximum absolute atomic E-state index is 9.29. The van der Waals surface area contributed by atoms with E-state index in [2.05, 4.69) is 32.2 Å². The molecule has 1 saturated carbocycles. The lowest BCUT2D eigenvalue weighted by molar-refractivity contribution is 0.214. The molecule has 0 amide bonds. The van der Waals surface area contributed by atoms with Crippen LogP contribution in [-0.4, -0.2) is 11.6 Å². The van der Waals surface area contributed by atoms with Crippen LogP contribution in [0.2, 0.25) is 0 Å². The quantitative estimate of drug-likeness (QED) is 0.750. The number of nitriles is 1. The van der Waals surface area contributed by atoms with Crippen LogP contribution >= 0.6 is 0 Å². The summed E-state index contributed by atoms with van der Waals surface area (Å²) in [5.41, 5.74) is -0.229. The molecule has 1 aliphatic rings. The predicted molar refractivity (Wildman–Crippen MR) is 58.9 cm³/mol. The summed E-state index contributed by atoms with van der Waals surface area (Å²) in [7, 11) is 0. The minimum Gasteiger partial charge on any atom is -0.297 e. The fraction of sp³-hybridized carbons (Fsp3) is 0.917. The third-order valence-corrected chi connectivity index (χ3v) is 3.21. The van der Waals surface area contributed by atoms with E-state index < -0.39 is 0 Å². The van der Waals surface area contributed by atoms with Gasteiger partial charge in [0, 0.05) is 6.04 Å². The maximum Gasteiger partial charge on any atom is 0.107 e. The zero-order valence-corrected chi connectivity index (χ0v) is 9.64. The summed E-state index contributed by atoms with van der Waals surface area (Å²) < 4.78 is 0. The van der Waals surface area contributed by atoms with Crippen LogP contribution in [0.3, 0.4) is 0 Å². The first kappa shape index (κ1) is 11.5. The van der Waals surface area contributed by atoms with E-state index in [4.69, 9.17) is 0 Å². The molecule has 1 fully saturated rings. The Hall–Kier alpha value is -0.550. The summed E-state index contributed by atoms with van der Waals surface area (Å²) in [5.74, 6) is 0.745. The molecule has 2 atom stereocenters. The first-order chi connectivity index (χ1) is 6.62. The standard InChI is InChI=1S/C12H22N2/c1-4-11-6-5-7-12(8-11,9-13)14-10(2)3/h10-11,14H,4-8H2,1-3H3. The Morgan fingerprint density at radius 2 is 2.29 bits per heavy atom. The summed E-state index contributed by atoms with van der Waals surface area (Å²) in [6.07, 6.45) is 5.78. The van der Waals surface area contributed by atoms with Crippen molar-refractivity contribution < 1.29 is 0 Å². The summed E-state index contributed by atoms with van der Waals surface area (Å²) in [6, 6.07) is 2.91. The van der Waals surface area contributed by atoms with Crippen LogP contribution in [0.4, 0.5) is 0 Å². The van der Waals surface area contributed by atoms with Gasteiger partial charge in [0.25, 0.3) is 0 Å². The fourth-order valence-corrected chi connectivity index (χ4v) is 2.56. The van der Waals surface area contributed by atoms with E-state index in [1.54, 1.807) is 0 Å². The lowest BCUT2D eigenvalue weighted by atomic mass is 9.75. The predicted octanol–water partition coefficient (Wildman–Crippen LogP) is 2.85. The van der Waals surface area contributed by atoms with Crippen molar-refractivity contribution in [3.63, 3.8) is 0 Å². The third kappa shape index (κ3) is 2.72. The van der Waals surface area contributed by atoms with Gasteiger partial charge in [-0.05, 0) is 32.6 Å². The van der Waals surface area contributed by atoms with Crippen molar-refractivity contribution in [2.45, 2.75) is 64.5 Å². The Morgan fingerprint density at radius 1 is 1.57 bits per heavy atom. The van der Waals surface area contributed by atoms with Gasteiger partial charge in [0.05, 0.1) is 6.07 Å². The van der Waals surface area contributed by atoms with Gasteiger partial charge in [0.15, 0.2) is 0 Å². The molecule has 0 saturated heterocycles. The average Bonchev–Trinajstić information content (AvgIpc) is 2.17. The zero-order valence-electron chi connectivity index (χ0n) is 9.64. The Morgan fingerprint density at radius 3 is 2.79 bits per heavy atom. The Balaban J connectivity index is 2.64. The Labute approximate surface area is 87.7 Å². The van der Waals surface area contributed by atoms with Crippen LogP contribution in [0.1, 0.15) is 52.9 Å². The molecule has 0 bridgehead atoms. The molecule has 0 aromatic heterocycles. The summed E-state index contributed by atoms with van der Waals surface area (Å²) in [4.78, 5) is 0. The smallest absolute Gasteiger partial charge is 0.107 e. The zero-order chi connectivity index (χ0) is 10.6. The van der Waals surface area contributed by atoms with Crippen molar-refractivity contribution in [3.05, 3.63) is 0 Å². The highest BCUT2D eigenvalue weighted by atomic mass is 15.0. The molecule has 80 valence electrons. The molecule has 0 spiro atoms. The minimum atomic E-state index is -0.229. The van der Waals surface area contributed by atoms with Gasteiger partial charge in [-0.15, -0.1) is 0 Å². The molecular formula is C12H22N2. The van der Waals surface area contributed by atoms with Crippen LogP contribution < -0.4 is 5.32 Å². The second kappa shape index (κ2) is 4.79. The van der Waals surface area contributed by atoms with Gasteiger partial charge in [-0.25, -0.2) is 0 Å². The van der Waals surface area contributed by atoms with Crippen molar-refractivity contribution >= 4 is 0 Å². The highest BCUT2D eigenvalue weighted by Crippen LogP contribution is 2.34. The van der Waals surface area contributed by atoms with Gasteiger partial charge in [0.2, 0.25) is 0 Å². The summed E-state index contributed by atoms with van der Waals surface area (Å²) in [5, 5.41) is 12.7. The van der Waals surface area contributed by atoms with Crippen molar-refractivity contribution in [2.24, 2.45) is 5.92 Å². The average molecular weight is 194 g/mol. The van der Waals surface area contributed by atoms with Crippen LogP contribution in [0.25, 0.3) is 0 Å². The van der Waals surface area contributed by atoms with Gasteiger partial charge >= 0.3 is 0 Å². The largest absolute Gasteiger partial charge is 0.297 e. The van der Waals surface area contributed by atoms with E-state index in [1.165, 1.54) is 19.3 Å². The number of nitrogens with zero attached hydrogens (tertiary/aromatic N) is 1. The van der Waals surface area contributed by atoms with Crippen LogP contribution in [0.15, 0.2) is 0 Å².